The van der Waals surface area contributed by atoms with Crippen LogP contribution in [0.4, 0.5) is 10.5 Å². The number of carbonyl (C=O) groups is 2. The summed E-state index contributed by atoms with van der Waals surface area (Å²) >= 11 is 0. The van der Waals surface area contributed by atoms with Crippen molar-refractivity contribution in [2.75, 3.05) is 5.32 Å². The van der Waals surface area contributed by atoms with Gasteiger partial charge in [-0.05, 0) is 32.4 Å². The minimum atomic E-state index is -0.907. The summed E-state index contributed by atoms with van der Waals surface area (Å²) in [5.74, 6) is -0.623. The largest absolute Gasteiger partial charge is 0.332 e. The third kappa shape index (κ3) is 3.56. The predicted octanol–water partition coefficient (Wildman–Crippen LogP) is 0.960. The first kappa shape index (κ1) is 20.1. The third-order valence-electron chi connectivity index (χ3n) is 4.84. The number of imidazole rings is 1. The van der Waals surface area contributed by atoms with Crippen LogP contribution in [0.3, 0.4) is 0 Å². The molecule has 2 heterocycles. The Labute approximate surface area is 165 Å². The van der Waals surface area contributed by atoms with Crippen molar-refractivity contribution < 1.29 is 9.59 Å². The second-order valence-corrected chi connectivity index (χ2v) is 6.97. The standard InChI is InChI=1S/C19H22N6O4/c1-10-6-7-13(11(2)8-10)21-18(28)22-16(26)12(3)25-9-20-15-14(25)17(27)24(5)19(29)23(15)4/h6-9,12H,1-5H3,(H2,21,22,26,28)/t12-/m0/s1. The van der Waals surface area contributed by atoms with Gasteiger partial charge in [-0.1, -0.05) is 17.7 Å². The second kappa shape index (κ2) is 7.38. The third-order valence-corrected chi connectivity index (χ3v) is 4.84. The number of rotatable bonds is 3. The fraction of sp³-hybridized carbons (Fsp3) is 0.316. The van der Waals surface area contributed by atoms with Crippen LogP contribution >= 0.6 is 0 Å². The monoisotopic (exact) mass is 398 g/mol. The number of nitrogens with zero attached hydrogens (tertiary/aromatic N) is 4. The SMILES string of the molecule is Cc1ccc(NC(=O)NC(=O)[C@H](C)n2cnc3c2c(=O)n(C)c(=O)n3C)c(C)c1. The number of urea groups is 1. The summed E-state index contributed by atoms with van der Waals surface area (Å²) in [4.78, 5) is 53.4. The molecule has 10 heteroatoms. The lowest BCUT2D eigenvalue weighted by molar-refractivity contribution is -0.122. The number of benzene rings is 1. The molecule has 2 aromatic heterocycles. The molecule has 0 bridgehead atoms. The van der Waals surface area contributed by atoms with E-state index in [-0.39, 0.29) is 11.2 Å². The summed E-state index contributed by atoms with van der Waals surface area (Å²) in [6.07, 6.45) is 1.30. The maximum absolute atomic E-state index is 12.6. The predicted molar refractivity (Wildman–Crippen MR) is 108 cm³/mol. The molecule has 0 aliphatic heterocycles. The number of amides is 3. The molecule has 0 unspecified atom stereocenters. The number of nitrogens with one attached hydrogen (secondary N) is 2. The number of aryl methyl sites for hydroxylation is 3. The van der Waals surface area contributed by atoms with Crippen molar-refractivity contribution in [3.63, 3.8) is 0 Å². The van der Waals surface area contributed by atoms with Gasteiger partial charge in [-0.2, -0.15) is 0 Å². The summed E-state index contributed by atoms with van der Waals surface area (Å²) in [6.45, 7) is 5.33. The Kier molecular flexibility index (Phi) is 5.10. The van der Waals surface area contributed by atoms with Crippen molar-refractivity contribution >= 4 is 28.8 Å². The number of anilines is 1. The molecule has 1 atom stereocenters. The van der Waals surface area contributed by atoms with E-state index in [2.05, 4.69) is 15.6 Å². The maximum atomic E-state index is 12.6. The highest BCUT2D eigenvalue weighted by Crippen LogP contribution is 2.16. The zero-order valence-corrected chi connectivity index (χ0v) is 16.8. The van der Waals surface area contributed by atoms with Gasteiger partial charge >= 0.3 is 11.7 Å². The van der Waals surface area contributed by atoms with Crippen molar-refractivity contribution in [1.82, 2.24) is 24.0 Å². The van der Waals surface area contributed by atoms with Gasteiger partial charge < -0.3 is 9.88 Å². The van der Waals surface area contributed by atoms with Crippen LogP contribution in [-0.4, -0.2) is 30.6 Å². The summed E-state index contributed by atoms with van der Waals surface area (Å²) in [6, 6.07) is 3.93. The number of aromatic nitrogens is 4. The van der Waals surface area contributed by atoms with E-state index in [0.29, 0.717) is 5.69 Å². The molecule has 0 fully saturated rings. The van der Waals surface area contributed by atoms with Crippen molar-refractivity contribution in [2.45, 2.75) is 26.8 Å². The lowest BCUT2D eigenvalue weighted by Gasteiger charge is -2.15. The van der Waals surface area contributed by atoms with E-state index in [1.165, 1.54) is 36.5 Å². The number of carbonyl (C=O) groups excluding carboxylic acids is 2. The number of hydrogen-bond acceptors (Lipinski definition) is 5. The molecule has 0 radical (unpaired) electrons. The van der Waals surface area contributed by atoms with Gasteiger partial charge in [-0.3, -0.25) is 24.0 Å². The second-order valence-electron chi connectivity index (χ2n) is 6.97. The van der Waals surface area contributed by atoms with E-state index in [1.54, 1.807) is 6.07 Å². The van der Waals surface area contributed by atoms with Gasteiger partial charge in [0.2, 0.25) is 0 Å². The highest BCUT2D eigenvalue weighted by atomic mass is 16.2. The van der Waals surface area contributed by atoms with Crippen molar-refractivity contribution in [3.8, 4) is 0 Å². The quantitative estimate of drug-likeness (QED) is 0.681. The van der Waals surface area contributed by atoms with Crippen LogP contribution in [0.15, 0.2) is 34.1 Å². The molecule has 3 aromatic rings. The molecule has 0 aliphatic carbocycles. The van der Waals surface area contributed by atoms with Gasteiger partial charge in [0.15, 0.2) is 11.2 Å². The molecule has 0 aliphatic rings. The Balaban J connectivity index is 1.84. The average Bonchev–Trinajstić information content (AvgIpc) is 3.11. The summed E-state index contributed by atoms with van der Waals surface area (Å²) in [7, 11) is 2.84. The smallest absolute Gasteiger partial charge is 0.312 e. The van der Waals surface area contributed by atoms with Gasteiger partial charge in [-0.25, -0.2) is 14.6 Å². The Morgan fingerprint density at radius 3 is 2.45 bits per heavy atom. The average molecular weight is 398 g/mol. The Hall–Kier alpha value is -3.69. The first-order valence-corrected chi connectivity index (χ1v) is 8.93. The minimum Gasteiger partial charge on any atom is -0.312 e. The van der Waals surface area contributed by atoms with E-state index in [9.17, 15) is 19.2 Å². The Bertz CT molecular complexity index is 1250. The van der Waals surface area contributed by atoms with Crippen molar-refractivity contribution in [1.29, 1.82) is 0 Å². The molecule has 2 N–H and O–H groups in total. The van der Waals surface area contributed by atoms with Crippen LogP contribution in [0.25, 0.3) is 11.2 Å². The summed E-state index contributed by atoms with van der Waals surface area (Å²) in [5.41, 5.74) is 1.69. The summed E-state index contributed by atoms with van der Waals surface area (Å²) in [5, 5.41) is 4.90. The molecule has 29 heavy (non-hydrogen) atoms. The maximum Gasteiger partial charge on any atom is 0.332 e. The molecule has 0 spiro atoms. The molecule has 0 saturated heterocycles. The fourth-order valence-electron chi connectivity index (χ4n) is 3.11. The molecular formula is C19H22N6O4. The Morgan fingerprint density at radius 1 is 1.10 bits per heavy atom. The van der Waals surface area contributed by atoms with Gasteiger partial charge in [0, 0.05) is 19.8 Å². The van der Waals surface area contributed by atoms with Gasteiger partial charge in [0.25, 0.3) is 11.5 Å². The molecular weight excluding hydrogens is 376 g/mol. The molecule has 3 amide bonds. The number of fused-ring (bicyclic) bond motifs is 1. The van der Waals surface area contributed by atoms with Gasteiger partial charge in [0.05, 0.1) is 6.33 Å². The van der Waals surface area contributed by atoms with Crippen LogP contribution in [0.2, 0.25) is 0 Å². The zero-order valence-electron chi connectivity index (χ0n) is 16.8. The van der Waals surface area contributed by atoms with Crippen molar-refractivity contribution in [3.05, 3.63) is 56.5 Å². The van der Waals surface area contributed by atoms with Crippen molar-refractivity contribution in [2.24, 2.45) is 14.1 Å². The lowest BCUT2D eigenvalue weighted by atomic mass is 10.1. The van der Waals surface area contributed by atoms with Crippen LogP contribution < -0.4 is 21.9 Å². The molecule has 1 aromatic carbocycles. The minimum absolute atomic E-state index is 0.104. The highest BCUT2D eigenvalue weighted by molar-refractivity contribution is 6.02. The van der Waals surface area contributed by atoms with Crippen LogP contribution in [0, 0.1) is 13.8 Å². The van der Waals surface area contributed by atoms with Crippen LogP contribution in [0.5, 0.6) is 0 Å². The molecule has 10 nitrogen and oxygen atoms in total. The molecule has 0 saturated carbocycles. The van der Waals surface area contributed by atoms with E-state index < -0.39 is 29.2 Å². The van der Waals surface area contributed by atoms with E-state index in [4.69, 9.17) is 0 Å². The van der Waals surface area contributed by atoms with E-state index in [0.717, 1.165) is 15.7 Å². The first-order valence-electron chi connectivity index (χ1n) is 8.93. The van der Waals surface area contributed by atoms with Crippen LogP contribution in [0.1, 0.15) is 24.1 Å². The fourth-order valence-corrected chi connectivity index (χ4v) is 3.11. The summed E-state index contributed by atoms with van der Waals surface area (Å²) < 4.78 is 3.51. The topological polar surface area (TPSA) is 120 Å². The normalized spacial score (nSPS) is 12.0. The lowest BCUT2D eigenvalue weighted by Crippen LogP contribution is -2.40. The number of hydrogen-bond donors (Lipinski definition) is 2. The molecule has 152 valence electrons. The highest BCUT2D eigenvalue weighted by Gasteiger charge is 2.23. The number of imide groups is 1. The zero-order chi connectivity index (χ0) is 21.5. The van der Waals surface area contributed by atoms with E-state index >= 15 is 0 Å². The van der Waals surface area contributed by atoms with Crippen LogP contribution in [-0.2, 0) is 18.9 Å². The van der Waals surface area contributed by atoms with Gasteiger partial charge in [-0.15, -0.1) is 0 Å². The van der Waals surface area contributed by atoms with Gasteiger partial charge in [0.1, 0.15) is 6.04 Å². The molecule has 3 rings (SSSR count). The first-order chi connectivity index (χ1) is 13.6. The Morgan fingerprint density at radius 2 is 1.79 bits per heavy atom. The van der Waals surface area contributed by atoms with E-state index in [1.807, 2.05) is 26.0 Å².